The number of benzene rings is 2. The summed E-state index contributed by atoms with van der Waals surface area (Å²) in [5.74, 6) is -2.03. The summed E-state index contributed by atoms with van der Waals surface area (Å²) in [5, 5.41) is 13.4. The third-order valence-corrected chi connectivity index (χ3v) is 3.97. The van der Waals surface area contributed by atoms with Gasteiger partial charge >= 0.3 is 0 Å². The molecule has 2 aromatic heterocycles. The highest BCUT2D eigenvalue weighted by molar-refractivity contribution is 5.99. The Balaban J connectivity index is 1.90. The van der Waals surface area contributed by atoms with Gasteiger partial charge in [-0.1, -0.05) is 6.07 Å². The molecule has 3 N–H and O–H groups in total. The molecule has 7 heteroatoms. The second kappa shape index (κ2) is 6.11. The molecule has 2 aromatic carbocycles. The van der Waals surface area contributed by atoms with Crippen molar-refractivity contribution < 1.29 is 18.3 Å². The summed E-state index contributed by atoms with van der Waals surface area (Å²) < 4.78 is 41.4. The van der Waals surface area contributed by atoms with Gasteiger partial charge in [-0.05, 0) is 42.5 Å². The maximum absolute atomic E-state index is 14.1. The highest BCUT2D eigenvalue weighted by Gasteiger charge is 2.17. The SMILES string of the molecule is Oc1[nH]cc2nc(-c3c(F)cccc3F)cc(Nc3ccc(F)cc3)c12. The number of halogens is 3. The van der Waals surface area contributed by atoms with Crippen LogP contribution >= 0.6 is 0 Å². The van der Waals surface area contributed by atoms with Crippen molar-refractivity contribution in [2.24, 2.45) is 0 Å². The zero-order valence-corrected chi connectivity index (χ0v) is 13.2. The minimum Gasteiger partial charge on any atom is -0.494 e. The van der Waals surface area contributed by atoms with E-state index in [1.807, 2.05) is 0 Å². The Hall–Kier alpha value is -3.48. The fraction of sp³-hybridized carbons (Fsp3) is 0. The molecule has 2 heterocycles. The number of rotatable bonds is 3. The van der Waals surface area contributed by atoms with Gasteiger partial charge in [0.05, 0.1) is 27.8 Å². The lowest BCUT2D eigenvalue weighted by Gasteiger charge is -2.11. The summed E-state index contributed by atoms with van der Waals surface area (Å²) >= 11 is 0. The zero-order chi connectivity index (χ0) is 18.3. The fourth-order valence-corrected chi connectivity index (χ4v) is 2.78. The van der Waals surface area contributed by atoms with E-state index in [4.69, 9.17) is 0 Å². The number of aromatic nitrogens is 2. The molecule has 0 saturated carbocycles. The van der Waals surface area contributed by atoms with Gasteiger partial charge in [-0.25, -0.2) is 18.2 Å². The van der Waals surface area contributed by atoms with Crippen LogP contribution in [0.1, 0.15) is 0 Å². The van der Waals surface area contributed by atoms with Crippen molar-refractivity contribution in [1.29, 1.82) is 0 Å². The number of nitrogens with one attached hydrogen (secondary N) is 2. The van der Waals surface area contributed by atoms with Gasteiger partial charge < -0.3 is 15.4 Å². The molecule has 0 atom stereocenters. The first kappa shape index (κ1) is 16.0. The molecule has 0 amide bonds. The Morgan fingerprint density at radius 1 is 0.962 bits per heavy atom. The van der Waals surface area contributed by atoms with Crippen LogP contribution in [-0.2, 0) is 0 Å². The van der Waals surface area contributed by atoms with Crippen LogP contribution in [0.4, 0.5) is 24.5 Å². The van der Waals surface area contributed by atoms with E-state index in [1.54, 1.807) is 0 Å². The standard InChI is InChI=1S/C19H12F3N3O/c20-10-4-6-11(7-5-10)24-15-8-14(17-12(21)2-1-3-13(17)22)25-16-9-23-19(26)18(15)16/h1-9,23-24,26H. The smallest absolute Gasteiger partial charge is 0.200 e. The van der Waals surface area contributed by atoms with Crippen molar-refractivity contribution in [2.75, 3.05) is 5.32 Å². The predicted molar refractivity (Wildman–Crippen MR) is 92.8 cm³/mol. The third-order valence-electron chi connectivity index (χ3n) is 3.97. The predicted octanol–water partition coefficient (Wildman–Crippen LogP) is 5.10. The van der Waals surface area contributed by atoms with Gasteiger partial charge in [0.2, 0.25) is 0 Å². The van der Waals surface area contributed by atoms with Crippen LogP contribution in [0, 0.1) is 17.5 Å². The Labute approximate surface area is 145 Å². The second-order valence-electron chi connectivity index (χ2n) is 5.68. The van der Waals surface area contributed by atoms with E-state index in [0.717, 1.165) is 12.1 Å². The zero-order valence-electron chi connectivity index (χ0n) is 13.2. The molecule has 0 aliphatic heterocycles. The van der Waals surface area contributed by atoms with E-state index in [1.165, 1.54) is 42.6 Å². The minimum atomic E-state index is -0.746. The quantitative estimate of drug-likeness (QED) is 0.479. The maximum atomic E-state index is 14.1. The van der Waals surface area contributed by atoms with Crippen molar-refractivity contribution in [3.05, 3.63) is 72.2 Å². The number of pyridine rings is 1. The van der Waals surface area contributed by atoms with Crippen molar-refractivity contribution >= 4 is 22.3 Å². The molecule has 4 nitrogen and oxygen atoms in total. The molecule has 0 radical (unpaired) electrons. The number of H-pyrrole nitrogens is 1. The third kappa shape index (κ3) is 2.73. The van der Waals surface area contributed by atoms with Gasteiger partial charge in [0.1, 0.15) is 17.5 Å². The monoisotopic (exact) mass is 355 g/mol. The molecule has 4 aromatic rings. The van der Waals surface area contributed by atoms with Crippen molar-refractivity contribution in [3.8, 4) is 17.1 Å². The average molecular weight is 355 g/mol. The van der Waals surface area contributed by atoms with E-state index in [9.17, 15) is 18.3 Å². The lowest BCUT2D eigenvalue weighted by molar-refractivity contribution is 0.463. The second-order valence-corrected chi connectivity index (χ2v) is 5.68. The summed E-state index contributed by atoms with van der Waals surface area (Å²) in [6.07, 6.45) is 1.43. The van der Waals surface area contributed by atoms with E-state index < -0.39 is 17.5 Å². The Bertz CT molecular complexity index is 1090. The van der Waals surface area contributed by atoms with Crippen molar-refractivity contribution in [3.63, 3.8) is 0 Å². The maximum Gasteiger partial charge on any atom is 0.200 e. The van der Waals surface area contributed by atoms with Crippen LogP contribution < -0.4 is 5.32 Å². The Morgan fingerprint density at radius 3 is 2.35 bits per heavy atom. The normalized spacial score (nSPS) is 11.0. The lowest BCUT2D eigenvalue weighted by Crippen LogP contribution is -1.97. The van der Waals surface area contributed by atoms with Crippen molar-refractivity contribution in [2.45, 2.75) is 0 Å². The molecule has 0 aliphatic carbocycles. The first-order chi connectivity index (χ1) is 12.5. The van der Waals surface area contributed by atoms with E-state index in [2.05, 4.69) is 15.3 Å². The molecule has 4 rings (SSSR count). The van der Waals surface area contributed by atoms with Crippen molar-refractivity contribution in [1.82, 2.24) is 9.97 Å². The summed E-state index contributed by atoms with van der Waals surface area (Å²) in [4.78, 5) is 6.86. The molecule has 26 heavy (non-hydrogen) atoms. The Kier molecular flexibility index (Phi) is 3.76. The molecule has 0 aliphatic rings. The minimum absolute atomic E-state index is 0.0664. The van der Waals surface area contributed by atoms with Crippen LogP contribution in [0.3, 0.4) is 0 Å². The van der Waals surface area contributed by atoms with Crippen LogP contribution in [0.2, 0.25) is 0 Å². The van der Waals surface area contributed by atoms with Crippen LogP contribution in [0.25, 0.3) is 22.2 Å². The lowest BCUT2D eigenvalue weighted by atomic mass is 10.1. The molecular formula is C19H12F3N3O. The van der Waals surface area contributed by atoms with Gasteiger partial charge in [-0.3, -0.25) is 0 Å². The first-order valence-electron chi connectivity index (χ1n) is 7.71. The van der Waals surface area contributed by atoms with Gasteiger partial charge in [0, 0.05) is 11.9 Å². The first-order valence-corrected chi connectivity index (χ1v) is 7.71. The largest absolute Gasteiger partial charge is 0.494 e. The average Bonchev–Trinajstić information content (AvgIpc) is 2.98. The van der Waals surface area contributed by atoms with Crippen LogP contribution in [-0.4, -0.2) is 15.1 Å². The van der Waals surface area contributed by atoms with Crippen LogP contribution in [0.15, 0.2) is 54.7 Å². The van der Waals surface area contributed by atoms with E-state index in [-0.39, 0.29) is 17.1 Å². The summed E-state index contributed by atoms with van der Waals surface area (Å²) in [5.41, 5.74) is 1.04. The van der Waals surface area contributed by atoms with Gasteiger partial charge in [-0.2, -0.15) is 0 Å². The number of fused-ring (bicyclic) bond motifs is 1. The number of hydrogen-bond donors (Lipinski definition) is 3. The molecule has 0 fully saturated rings. The number of aromatic hydroxyl groups is 1. The molecule has 0 spiro atoms. The molecule has 0 saturated heterocycles. The van der Waals surface area contributed by atoms with Gasteiger partial charge in [0.15, 0.2) is 5.88 Å². The number of anilines is 2. The molecule has 130 valence electrons. The highest BCUT2D eigenvalue weighted by atomic mass is 19.1. The summed E-state index contributed by atoms with van der Waals surface area (Å²) in [6.45, 7) is 0. The number of aromatic amines is 1. The summed E-state index contributed by atoms with van der Waals surface area (Å²) in [6, 6.07) is 10.6. The van der Waals surface area contributed by atoms with Gasteiger partial charge in [0.25, 0.3) is 0 Å². The summed E-state index contributed by atoms with van der Waals surface area (Å²) in [7, 11) is 0. The van der Waals surface area contributed by atoms with Crippen LogP contribution in [0.5, 0.6) is 5.88 Å². The highest BCUT2D eigenvalue weighted by Crippen LogP contribution is 2.36. The molecule has 0 bridgehead atoms. The Morgan fingerprint density at radius 2 is 1.65 bits per heavy atom. The topological polar surface area (TPSA) is 60.9 Å². The van der Waals surface area contributed by atoms with Gasteiger partial charge in [-0.15, -0.1) is 0 Å². The fourth-order valence-electron chi connectivity index (χ4n) is 2.78. The molecule has 0 unspecified atom stereocenters. The number of nitrogens with zero attached hydrogens (tertiary/aromatic N) is 1. The van der Waals surface area contributed by atoms with E-state index in [0.29, 0.717) is 22.3 Å². The van der Waals surface area contributed by atoms with E-state index >= 15 is 0 Å². The molecular weight excluding hydrogens is 343 g/mol. The number of hydrogen-bond acceptors (Lipinski definition) is 3.